The van der Waals surface area contributed by atoms with Crippen molar-refractivity contribution in [3.63, 3.8) is 0 Å². The molecule has 76 valence electrons. The van der Waals surface area contributed by atoms with Crippen molar-refractivity contribution in [1.82, 2.24) is 5.32 Å². The monoisotopic (exact) mass is 255 g/mol. The molecule has 1 rings (SSSR count). The molecule has 1 atom stereocenters. The van der Waals surface area contributed by atoms with E-state index in [1.165, 1.54) is 0 Å². The SMILES string of the molecule is CNC(C)C(=O)Cc1ccccc1Br. The van der Waals surface area contributed by atoms with Crippen molar-refractivity contribution in [2.45, 2.75) is 19.4 Å². The van der Waals surface area contributed by atoms with Crippen LogP contribution in [0.5, 0.6) is 0 Å². The molecule has 0 aliphatic carbocycles. The summed E-state index contributed by atoms with van der Waals surface area (Å²) in [5, 5.41) is 2.94. The number of nitrogens with one attached hydrogen (secondary N) is 1. The van der Waals surface area contributed by atoms with Crippen LogP contribution in [0, 0.1) is 0 Å². The molecule has 0 amide bonds. The van der Waals surface area contributed by atoms with Gasteiger partial charge >= 0.3 is 0 Å². The fourth-order valence-corrected chi connectivity index (χ4v) is 1.57. The Morgan fingerprint density at radius 2 is 2.14 bits per heavy atom. The second kappa shape index (κ2) is 5.27. The van der Waals surface area contributed by atoms with E-state index in [4.69, 9.17) is 0 Å². The minimum atomic E-state index is -0.0814. The van der Waals surface area contributed by atoms with Crippen LogP contribution >= 0.6 is 15.9 Å². The molecule has 1 aromatic rings. The smallest absolute Gasteiger partial charge is 0.153 e. The van der Waals surface area contributed by atoms with Crippen LogP contribution in [0.2, 0.25) is 0 Å². The van der Waals surface area contributed by atoms with Gasteiger partial charge in [0.25, 0.3) is 0 Å². The van der Waals surface area contributed by atoms with Gasteiger partial charge in [-0.05, 0) is 25.6 Å². The van der Waals surface area contributed by atoms with E-state index in [9.17, 15) is 4.79 Å². The van der Waals surface area contributed by atoms with Crippen molar-refractivity contribution in [2.24, 2.45) is 0 Å². The van der Waals surface area contributed by atoms with Gasteiger partial charge in [0.15, 0.2) is 5.78 Å². The number of rotatable bonds is 4. The minimum Gasteiger partial charge on any atom is -0.311 e. The first-order valence-corrected chi connectivity index (χ1v) is 5.38. The van der Waals surface area contributed by atoms with Gasteiger partial charge in [-0.15, -0.1) is 0 Å². The van der Waals surface area contributed by atoms with Crippen molar-refractivity contribution in [2.75, 3.05) is 7.05 Å². The maximum Gasteiger partial charge on any atom is 0.153 e. The maximum absolute atomic E-state index is 11.6. The summed E-state index contributed by atoms with van der Waals surface area (Å²) in [4.78, 5) is 11.6. The quantitative estimate of drug-likeness (QED) is 0.894. The maximum atomic E-state index is 11.6. The molecule has 0 fully saturated rings. The number of carbonyl (C=O) groups excluding carboxylic acids is 1. The van der Waals surface area contributed by atoms with Gasteiger partial charge in [-0.3, -0.25) is 4.79 Å². The van der Waals surface area contributed by atoms with Gasteiger partial charge in [0.05, 0.1) is 6.04 Å². The summed E-state index contributed by atoms with van der Waals surface area (Å²) in [6.07, 6.45) is 0.476. The van der Waals surface area contributed by atoms with Gasteiger partial charge in [-0.25, -0.2) is 0 Å². The van der Waals surface area contributed by atoms with Gasteiger partial charge in [0.1, 0.15) is 0 Å². The Labute approximate surface area is 92.8 Å². The highest BCUT2D eigenvalue weighted by Crippen LogP contribution is 2.16. The summed E-state index contributed by atoms with van der Waals surface area (Å²) < 4.78 is 0.997. The molecule has 0 aromatic heterocycles. The summed E-state index contributed by atoms with van der Waals surface area (Å²) in [7, 11) is 1.79. The number of Topliss-reactive ketones (excluding diaryl/α,β-unsaturated/α-hetero) is 1. The van der Waals surface area contributed by atoms with Gasteiger partial charge in [-0.2, -0.15) is 0 Å². The Hall–Kier alpha value is -0.670. The summed E-state index contributed by atoms with van der Waals surface area (Å²) >= 11 is 3.42. The lowest BCUT2D eigenvalue weighted by Gasteiger charge is -2.09. The van der Waals surface area contributed by atoms with E-state index in [-0.39, 0.29) is 11.8 Å². The van der Waals surface area contributed by atoms with Gasteiger partial charge in [0, 0.05) is 10.9 Å². The number of hydrogen-bond donors (Lipinski definition) is 1. The zero-order chi connectivity index (χ0) is 10.6. The predicted molar refractivity (Wildman–Crippen MR) is 61.4 cm³/mol. The van der Waals surface area contributed by atoms with E-state index in [1.54, 1.807) is 7.05 Å². The van der Waals surface area contributed by atoms with Crippen LogP contribution in [0.1, 0.15) is 12.5 Å². The molecule has 0 radical (unpaired) electrons. The lowest BCUT2D eigenvalue weighted by Crippen LogP contribution is -2.31. The number of ketones is 1. The second-order valence-corrected chi connectivity index (χ2v) is 4.10. The molecule has 0 heterocycles. The van der Waals surface area contributed by atoms with Crippen molar-refractivity contribution in [3.05, 3.63) is 34.3 Å². The second-order valence-electron chi connectivity index (χ2n) is 3.24. The Morgan fingerprint density at radius 1 is 1.50 bits per heavy atom. The van der Waals surface area contributed by atoms with Crippen LogP contribution in [0.4, 0.5) is 0 Å². The van der Waals surface area contributed by atoms with Crippen molar-refractivity contribution in [3.8, 4) is 0 Å². The highest BCUT2D eigenvalue weighted by Gasteiger charge is 2.12. The molecular weight excluding hydrogens is 242 g/mol. The lowest BCUT2D eigenvalue weighted by molar-refractivity contribution is -0.119. The molecule has 1 N–H and O–H groups in total. The third-order valence-electron chi connectivity index (χ3n) is 2.24. The molecule has 1 aromatic carbocycles. The Kier molecular flexibility index (Phi) is 4.29. The molecule has 1 unspecified atom stereocenters. The van der Waals surface area contributed by atoms with E-state index >= 15 is 0 Å². The fourth-order valence-electron chi connectivity index (χ4n) is 1.14. The number of hydrogen-bond acceptors (Lipinski definition) is 2. The summed E-state index contributed by atoms with van der Waals surface area (Å²) in [6.45, 7) is 1.87. The topological polar surface area (TPSA) is 29.1 Å². The van der Waals surface area contributed by atoms with Crippen molar-refractivity contribution in [1.29, 1.82) is 0 Å². The lowest BCUT2D eigenvalue weighted by atomic mass is 10.1. The van der Waals surface area contributed by atoms with E-state index in [2.05, 4.69) is 21.2 Å². The molecule has 0 spiro atoms. The van der Waals surface area contributed by atoms with E-state index < -0.39 is 0 Å². The third-order valence-corrected chi connectivity index (χ3v) is 3.01. The molecule has 2 nitrogen and oxygen atoms in total. The summed E-state index contributed by atoms with van der Waals surface area (Å²) in [6, 6.07) is 7.72. The molecule has 0 aliphatic rings. The van der Waals surface area contributed by atoms with Crippen molar-refractivity contribution >= 4 is 21.7 Å². The van der Waals surface area contributed by atoms with Crippen LogP contribution in [0.3, 0.4) is 0 Å². The fraction of sp³-hybridized carbons (Fsp3) is 0.364. The largest absolute Gasteiger partial charge is 0.311 e. The molecule has 0 saturated heterocycles. The van der Waals surface area contributed by atoms with Gasteiger partial charge in [0.2, 0.25) is 0 Å². The summed E-state index contributed by atoms with van der Waals surface area (Å²) in [5.41, 5.74) is 1.04. The first-order chi connectivity index (χ1) is 6.65. The first kappa shape index (κ1) is 11.4. The number of halogens is 1. The van der Waals surface area contributed by atoms with Crippen LogP contribution in [0.25, 0.3) is 0 Å². The number of benzene rings is 1. The molecule has 14 heavy (non-hydrogen) atoms. The zero-order valence-corrected chi connectivity index (χ0v) is 9.97. The standard InChI is InChI=1S/C11H14BrNO/c1-8(13-2)11(14)7-9-5-3-4-6-10(9)12/h3-6,8,13H,7H2,1-2H3. The van der Waals surface area contributed by atoms with Crippen molar-refractivity contribution < 1.29 is 4.79 Å². The van der Waals surface area contributed by atoms with Gasteiger partial charge in [-0.1, -0.05) is 34.1 Å². The van der Waals surface area contributed by atoms with Crippen LogP contribution < -0.4 is 5.32 Å². The average molecular weight is 256 g/mol. The third kappa shape index (κ3) is 2.93. The number of carbonyl (C=O) groups is 1. The van der Waals surface area contributed by atoms with E-state index in [1.807, 2.05) is 31.2 Å². The predicted octanol–water partition coefficient (Wildman–Crippen LogP) is 2.17. The number of likely N-dealkylation sites (N-methyl/N-ethyl adjacent to an activating group) is 1. The molecule has 0 saturated carbocycles. The average Bonchev–Trinajstić information content (AvgIpc) is 2.20. The van der Waals surface area contributed by atoms with Crippen LogP contribution in [0.15, 0.2) is 28.7 Å². The summed E-state index contributed by atoms with van der Waals surface area (Å²) in [5.74, 6) is 0.208. The van der Waals surface area contributed by atoms with Crippen LogP contribution in [-0.4, -0.2) is 18.9 Å². The van der Waals surface area contributed by atoms with E-state index in [0.29, 0.717) is 6.42 Å². The van der Waals surface area contributed by atoms with E-state index in [0.717, 1.165) is 10.0 Å². The molecule has 3 heteroatoms. The first-order valence-electron chi connectivity index (χ1n) is 4.58. The zero-order valence-electron chi connectivity index (χ0n) is 8.38. The molecular formula is C11H14BrNO. The van der Waals surface area contributed by atoms with Crippen LogP contribution in [-0.2, 0) is 11.2 Å². The normalized spacial score (nSPS) is 12.5. The highest BCUT2D eigenvalue weighted by atomic mass is 79.9. The Bertz CT molecular complexity index is 325. The molecule has 0 bridgehead atoms. The Morgan fingerprint density at radius 3 is 2.71 bits per heavy atom. The minimum absolute atomic E-state index is 0.0814. The van der Waals surface area contributed by atoms with Gasteiger partial charge < -0.3 is 5.32 Å². The highest BCUT2D eigenvalue weighted by molar-refractivity contribution is 9.10. The molecule has 0 aliphatic heterocycles. The Balaban J connectivity index is 2.70.